The summed E-state index contributed by atoms with van der Waals surface area (Å²) in [5.41, 5.74) is 0. The third-order valence-electron chi connectivity index (χ3n) is 3.63. The Hall–Kier alpha value is -0.770. The number of hydrogen-bond acceptors (Lipinski definition) is 2. The van der Waals surface area contributed by atoms with Crippen molar-refractivity contribution in [2.75, 3.05) is 32.7 Å². The van der Waals surface area contributed by atoms with E-state index in [0.29, 0.717) is 6.04 Å². The van der Waals surface area contributed by atoms with Gasteiger partial charge in [-0.15, -0.1) is 0 Å². The van der Waals surface area contributed by atoms with E-state index in [0.717, 1.165) is 32.7 Å². The minimum Gasteiger partial charge on any atom is -0.335 e. The van der Waals surface area contributed by atoms with Gasteiger partial charge in [0.15, 0.2) is 0 Å². The Labute approximate surface area is 98.0 Å². The van der Waals surface area contributed by atoms with Gasteiger partial charge in [0.2, 0.25) is 0 Å². The molecule has 1 saturated heterocycles. The molecule has 0 spiro atoms. The standard InChI is InChI=1S/C12H23N3O/c1-2-6-14-7-9-15(10-8-14)12(16)13-11-4-3-5-11/h11H,2-10H2,1H3,(H,13,16). The summed E-state index contributed by atoms with van der Waals surface area (Å²) in [4.78, 5) is 16.3. The predicted molar refractivity (Wildman–Crippen MR) is 64.5 cm³/mol. The van der Waals surface area contributed by atoms with Gasteiger partial charge in [0.1, 0.15) is 0 Å². The van der Waals surface area contributed by atoms with E-state index >= 15 is 0 Å². The van der Waals surface area contributed by atoms with Crippen molar-refractivity contribution >= 4 is 6.03 Å². The molecule has 0 aromatic heterocycles. The zero-order valence-electron chi connectivity index (χ0n) is 10.2. The zero-order valence-corrected chi connectivity index (χ0v) is 10.2. The van der Waals surface area contributed by atoms with Gasteiger partial charge < -0.3 is 10.2 Å². The van der Waals surface area contributed by atoms with Crippen molar-refractivity contribution in [2.24, 2.45) is 0 Å². The van der Waals surface area contributed by atoms with Crippen LogP contribution in [0.2, 0.25) is 0 Å². The van der Waals surface area contributed by atoms with E-state index < -0.39 is 0 Å². The molecule has 1 saturated carbocycles. The Balaban J connectivity index is 1.68. The van der Waals surface area contributed by atoms with Crippen LogP contribution in [0.25, 0.3) is 0 Å². The van der Waals surface area contributed by atoms with Crippen LogP contribution in [0.15, 0.2) is 0 Å². The number of carbonyl (C=O) groups is 1. The fourth-order valence-electron chi connectivity index (χ4n) is 2.31. The molecule has 0 aromatic carbocycles. The quantitative estimate of drug-likeness (QED) is 0.785. The first-order chi connectivity index (χ1) is 7.79. The second kappa shape index (κ2) is 5.53. The van der Waals surface area contributed by atoms with E-state index in [4.69, 9.17) is 0 Å². The van der Waals surface area contributed by atoms with E-state index in [9.17, 15) is 4.79 Å². The minimum absolute atomic E-state index is 0.154. The summed E-state index contributed by atoms with van der Waals surface area (Å²) in [5, 5.41) is 3.10. The summed E-state index contributed by atoms with van der Waals surface area (Å²) in [5.74, 6) is 0. The smallest absolute Gasteiger partial charge is 0.317 e. The highest BCUT2D eigenvalue weighted by Crippen LogP contribution is 2.18. The van der Waals surface area contributed by atoms with Crippen LogP contribution in [-0.2, 0) is 0 Å². The van der Waals surface area contributed by atoms with Crippen molar-refractivity contribution in [2.45, 2.75) is 38.6 Å². The molecule has 2 fully saturated rings. The lowest BCUT2D eigenvalue weighted by molar-refractivity contribution is 0.134. The third-order valence-corrected chi connectivity index (χ3v) is 3.63. The summed E-state index contributed by atoms with van der Waals surface area (Å²) >= 11 is 0. The molecule has 0 radical (unpaired) electrons. The van der Waals surface area contributed by atoms with Crippen LogP contribution in [0.4, 0.5) is 4.79 Å². The topological polar surface area (TPSA) is 35.6 Å². The van der Waals surface area contributed by atoms with Gasteiger partial charge in [0, 0.05) is 32.2 Å². The first-order valence-electron chi connectivity index (χ1n) is 6.57. The zero-order chi connectivity index (χ0) is 11.4. The van der Waals surface area contributed by atoms with Gasteiger partial charge in [-0.05, 0) is 32.2 Å². The van der Waals surface area contributed by atoms with E-state index in [2.05, 4.69) is 17.1 Å². The molecule has 1 aliphatic heterocycles. The Kier molecular flexibility index (Phi) is 4.04. The average molecular weight is 225 g/mol. The van der Waals surface area contributed by atoms with Gasteiger partial charge in [-0.25, -0.2) is 4.79 Å². The van der Waals surface area contributed by atoms with Crippen LogP contribution in [-0.4, -0.2) is 54.6 Å². The van der Waals surface area contributed by atoms with Crippen LogP contribution in [0.3, 0.4) is 0 Å². The van der Waals surface area contributed by atoms with E-state index in [1.54, 1.807) is 0 Å². The lowest BCUT2D eigenvalue weighted by Gasteiger charge is -2.36. The second-order valence-electron chi connectivity index (χ2n) is 4.91. The highest BCUT2D eigenvalue weighted by molar-refractivity contribution is 5.74. The number of piperazine rings is 1. The molecule has 1 heterocycles. The van der Waals surface area contributed by atoms with Crippen LogP contribution >= 0.6 is 0 Å². The number of nitrogens with one attached hydrogen (secondary N) is 1. The largest absolute Gasteiger partial charge is 0.335 e. The molecule has 1 N–H and O–H groups in total. The van der Waals surface area contributed by atoms with Crippen LogP contribution < -0.4 is 5.32 Å². The summed E-state index contributed by atoms with van der Waals surface area (Å²) in [6.07, 6.45) is 4.81. The number of rotatable bonds is 3. The maximum absolute atomic E-state index is 11.9. The van der Waals surface area contributed by atoms with Gasteiger partial charge in [-0.2, -0.15) is 0 Å². The number of nitrogens with zero attached hydrogens (tertiary/aromatic N) is 2. The molecular weight excluding hydrogens is 202 g/mol. The van der Waals surface area contributed by atoms with Crippen LogP contribution in [0.1, 0.15) is 32.6 Å². The fraction of sp³-hybridized carbons (Fsp3) is 0.917. The van der Waals surface area contributed by atoms with E-state index in [1.165, 1.54) is 25.7 Å². The lowest BCUT2D eigenvalue weighted by Crippen LogP contribution is -2.54. The third kappa shape index (κ3) is 2.88. The van der Waals surface area contributed by atoms with Crippen LogP contribution in [0, 0.1) is 0 Å². The minimum atomic E-state index is 0.154. The first kappa shape index (κ1) is 11.7. The Bertz CT molecular complexity index is 232. The number of amides is 2. The average Bonchev–Trinajstić information content (AvgIpc) is 2.25. The Morgan fingerprint density at radius 1 is 1.25 bits per heavy atom. The highest BCUT2D eigenvalue weighted by atomic mass is 16.2. The summed E-state index contributed by atoms with van der Waals surface area (Å²) in [7, 11) is 0. The van der Waals surface area contributed by atoms with Crippen molar-refractivity contribution in [3.8, 4) is 0 Å². The summed E-state index contributed by atoms with van der Waals surface area (Å²) in [6, 6.07) is 0.613. The molecule has 0 aromatic rings. The van der Waals surface area contributed by atoms with E-state index in [1.807, 2.05) is 4.90 Å². The second-order valence-corrected chi connectivity index (χ2v) is 4.91. The highest BCUT2D eigenvalue weighted by Gasteiger charge is 2.24. The maximum atomic E-state index is 11.9. The monoisotopic (exact) mass is 225 g/mol. The molecule has 0 bridgehead atoms. The van der Waals surface area contributed by atoms with Crippen LogP contribution in [0.5, 0.6) is 0 Å². The Morgan fingerprint density at radius 2 is 1.94 bits per heavy atom. The molecule has 2 amide bonds. The first-order valence-corrected chi connectivity index (χ1v) is 6.57. The van der Waals surface area contributed by atoms with Crippen molar-refractivity contribution < 1.29 is 4.79 Å². The number of urea groups is 1. The molecule has 2 aliphatic rings. The molecular formula is C12H23N3O. The van der Waals surface area contributed by atoms with Gasteiger partial charge in [-0.3, -0.25) is 4.90 Å². The lowest BCUT2D eigenvalue weighted by atomic mass is 9.93. The van der Waals surface area contributed by atoms with Crippen molar-refractivity contribution in [1.29, 1.82) is 0 Å². The predicted octanol–water partition coefficient (Wildman–Crippen LogP) is 1.28. The molecule has 16 heavy (non-hydrogen) atoms. The molecule has 4 heteroatoms. The molecule has 0 unspecified atom stereocenters. The summed E-state index contributed by atoms with van der Waals surface area (Å²) in [6.45, 7) is 7.21. The maximum Gasteiger partial charge on any atom is 0.317 e. The van der Waals surface area contributed by atoms with Crippen molar-refractivity contribution in [3.63, 3.8) is 0 Å². The number of hydrogen-bond donors (Lipinski definition) is 1. The molecule has 0 atom stereocenters. The summed E-state index contributed by atoms with van der Waals surface area (Å²) < 4.78 is 0. The SMILES string of the molecule is CCCN1CCN(C(=O)NC2CCC2)CC1. The van der Waals surface area contributed by atoms with Crippen molar-refractivity contribution in [1.82, 2.24) is 15.1 Å². The van der Waals surface area contributed by atoms with E-state index in [-0.39, 0.29) is 6.03 Å². The molecule has 92 valence electrons. The van der Waals surface area contributed by atoms with Crippen molar-refractivity contribution in [3.05, 3.63) is 0 Å². The van der Waals surface area contributed by atoms with Gasteiger partial charge in [0.25, 0.3) is 0 Å². The van der Waals surface area contributed by atoms with Gasteiger partial charge >= 0.3 is 6.03 Å². The fourth-order valence-corrected chi connectivity index (χ4v) is 2.31. The molecule has 1 aliphatic carbocycles. The Morgan fingerprint density at radius 3 is 2.44 bits per heavy atom. The molecule has 2 rings (SSSR count). The number of carbonyl (C=O) groups excluding carboxylic acids is 1. The molecule has 4 nitrogen and oxygen atoms in total. The van der Waals surface area contributed by atoms with Gasteiger partial charge in [-0.1, -0.05) is 6.92 Å². The van der Waals surface area contributed by atoms with Gasteiger partial charge in [0.05, 0.1) is 0 Å². The normalized spacial score (nSPS) is 22.9.